The van der Waals surface area contributed by atoms with Crippen LogP contribution in [-0.2, 0) is 4.79 Å². The molecule has 0 saturated carbocycles. The Morgan fingerprint density at radius 2 is 1.54 bits per heavy atom. The number of carbonyl (C=O) groups excluding carboxylic acids is 2. The largest absolute Gasteiger partial charge is 0.478 e. The molecule has 0 aliphatic carbocycles. The highest BCUT2D eigenvalue weighted by Gasteiger charge is 2.12. The van der Waals surface area contributed by atoms with E-state index in [1.54, 1.807) is 24.3 Å². The van der Waals surface area contributed by atoms with Gasteiger partial charge in [0.05, 0.1) is 12.1 Å². The Balaban J connectivity index is 2.27. The molecule has 0 aliphatic heterocycles. The molecule has 7 heteroatoms. The van der Waals surface area contributed by atoms with Crippen LogP contribution < -0.4 is 16.4 Å². The van der Waals surface area contributed by atoms with Crippen molar-refractivity contribution in [2.45, 2.75) is 6.92 Å². The maximum atomic E-state index is 12.2. The molecule has 124 valence electrons. The molecule has 7 nitrogen and oxygen atoms in total. The van der Waals surface area contributed by atoms with Gasteiger partial charge in [0.15, 0.2) is 0 Å². The van der Waals surface area contributed by atoms with E-state index in [0.29, 0.717) is 5.56 Å². The van der Waals surface area contributed by atoms with Crippen molar-refractivity contribution >= 4 is 29.2 Å². The van der Waals surface area contributed by atoms with Gasteiger partial charge in [0.2, 0.25) is 5.91 Å². The van der Waals surface area contributed by atoms with E-state index >= 15 is 0 Å². The lowest BCUT2D eigenvalue weighted by Crippen LogP contribution is -2.22. The standard InChI is InChI=1S/C17H17N3O4/c1-10-2-4-11(5-3-10)16(22)20-14-7-12(17(23)24)6-13(8-14)19-15(21)9-18/h2-8H,9,18H2,1H3,(H,19,21)(H,20,22)(H,23,24). The van der Waals surface area contributed by atoms with Crippen LogP contribution in [0.2, 0.25) is 0 Å². The average Bonchev–Trinajstić information content (AvgIpc) is 2.54. The van der Waals surface area contributed by atoms with Crippen LogP contribution in [0.15, 0.2) is 42.5 Å². The second kappa shape index (κ2) is 7.38. The van der Waals surface area contributed by atoms with Gasteiger partial charge in [-0.15, -0.1) is 0 Å². The van der Waals surface area contributed by atoms with Gasteiger partial charge in [-0.25, -0.2) is 4.79 Å². The summed E-state index contributed by atoms with van der Waals surface area (Å²) in [5, 5.41) is 14.2. The summed E-state index contributed by atoms with van der Waals surface area (Å²) in [4.78, 5) is 34.8. The molecule has 24 heavy (non-hydrogen) atoms. The van der Waals surface area contributed by atoms with Crippen molar-refractivity contribution < 1.29 is 19.5 Å². The van der Waals surface area contributed by atoms with Crippen LogP contribution in [0.4, 0.5) is 11.4 Å². The quantitative estimate of drug-likeness (QED) is 0.667. The fraction of sp³-hybridized carbons (Fsp3) is 0.118. The van der Waals surface area contributed by atoms with Crippen molar-refractivity contribution in [1.82, 2.24) is 0 Å². The molecule has 0 aliphatic rings. The van der Waals surface area contributed by atoms with E-state index in [1.165, 1.54) is 18.2 Å². The van der Waals surface area contributed by atoms with Crippen LogP contribution in [0.25, 0.3) is 0 Å². The first-order valence-electron chi connectivity index (χ1n) is 7.15. The Morgan fingerprint density at radius 3 is 2.08 bits per heavy atom. The third-order valence-corrected chi connectivity index (χ3v) is 3.22. The van der Waals surface area contributed by atoms with Gasteiger partial charge in [0.25, 0.3) is 5.91 Å². The Bertz CT molecular complexity index is 785. The van der Waals surface area contributed by atoms with E-state index < -0.39 is 11.9 Å². The van der Waals surface area contributed by atoms with Gasteiger partial charge in [-0.3, -0.25) is 9.59 Å². The molecule has 2 rings (SSSR count). The fourth-order valence-electron chi connectivity index (χ4n) is 2.02. The molecular formula is C17H17N3O4. The number of carbonyl (C=O) groups is 3. The molecule has 0 radical (unpaired) electrons. The van der Waals surface area contributed by atoms with Crippen molar-refractivity contribution in [3.05, 3.63) is 59.2 Å². The van der Waals surface area contributed by atoms with Crippen LogP contribution in [0.1, 0.15) is 26.3 Å². The first kappa shape index (κ1) is 17.2. The molecule has 0 bridgehead atoms. The molecule has 0 atom stereocenters. The van der Waals surface area contributed by atoms with E-state index in [0.717, 1.165) is 5.56 Å². The molecule has 2 amide bonds. The Morgan fingerprint density at radius 1 is 0.958 bits per heavy atom. The maximum absolute atomic E-state index is 12.2. The summed E-state index contributed by atoms with van der Waals surface area (Å²) in [6.45, 7) is 1.67. The smallest absolute Gasteiger partial charge is 0.335 e. The topological polar surface area (TPSA) is 122 Å². The summed E-state index contributed by atoms with van der Waals surface area (Å²) >= 11 is 0. The van der Waals surface area contributed by atoms with Crippen LogP contribution >= 0.6 is 0 Å². The molecule has 0 heterocycles. The predicted octanol–water partition coefficient (Wildman–Crippen LogP) is 1.84. The monoisotopic (exact) mass is 327 g/mol. The lowest BCUT2D eigenvalue weighted by molar-refractivity contribution is -0.114. The molecule has 2 aromatic carbocycles. The van der Waals surface area contributed by atoms with Crippen molar-refractivity contribution in [2.24, 2.45) is 5.73 Å². The summed E-state index contributed by atoms with van der Waals surface area (Å²) in [5.41, 5.74) is 7.12. The number of hydrogen-bond acceptors (Lipinski definition) is 4. The third-order valence-electron chi connectivity index (χ3n) is 3.22. The number of carboxylic acid groups (broad SMARTS) is 1. The SMILES string of the molecule is Cc1ccc(C(=O)Nc2cc(NC(=O)CN)cc(C(=O)O)c2)cc1. The van der Waals surface area contributed by atoms with E-state index in [9.17, 15) is 14.4 Å². The molecular weight excluding hydrogens is 310 g/mol. The number of amides is 2. The number of aryl methyl sites for hydroxylation is 1. The van der Waals surface area contributed by atoms with E-state index in [1.807, 2.05) is 6.92 Å². The summed E-state index contributed by atoms with van der Waals surface area (Å²) in [6, 6.07) is 11.0. The number of carboxylic acids is 1. The summed E-state index contributed by atoms with van der Waals surface area (Å²) < 4.78 is 0. The summed E-state index contributed by atoms with van der Waals surface area (Å²) in [6.07, 6.45) is 0. The highest BCUT2D eigenvalue weighted by Crippen LogP contribution is 2.20. The number of nitrogens with one attached hydrogen (secondary N) is 2. The second-order valence-corrected chi connectivity index (χ2v) is 5.18. The molecule has 2 aromatic rings. The second-order valence-electron chi connectivity index (χ2n) is 5.18. The first-order chi connectivity index (χ1) is 11.4. The molecule has 0 spiro atoms. The molecule has 0 fully saturated rings. The van der Waals surface area contributed by atoms with Gasteiger partial charge >= 0.3 is 5.97 Å². The van der Waals surface area contributed by atoms with Crippen molar-refractivity contribution in [3.8, 4) is 0 Å². The van der Waals surface area contributed by atoms with Crippen LogP contribution in [0.3, 0.4) is 0 Å². The van der Waals surface area contributed by atoms with Gasteiger partial charge in [0, 0.05) is 16.9 Å². The highest BCUT2D eigenvalue weighted by atomic mass is 16.4. The van der Waals surface area contributed by atoms with Crippen molar-refractivity contribution in [3.63, 3.8) is 0 Å². The molecule has 0 unspecified atom stereocenters. The minimum absolute atomic E-state index is 0.0657. The first-order valence-corrected chi connectivity index (χ1v) is 7.15. The van der Waals surface area contributed by atoms with Gasteiger partial charge in [-0.2, -0.15) is 0 Å². The number of anilines is 2. The predicted molar refractivity (Wildman–Crippen MR) is 90.2 cm³/mol. The highest BCUT2D eigenvalue weighted by molar-refractivity contribution is 6.05. The Kier molecular flexibility index (Phi) is 5.28. The van der Waals surface area contributed by atoms with Gasteiger partial charge in [-0.05, 0) is 37.3 Å². The molecule has 0 saturated heterocycles. The lowest BCUT2D eigenvalue weighted by atomic mass is 10.1. The zero-order valence-electron chi connectivity index (χ0n) is 13.0. The number of aromatic carboxylic acids is 1. The van der Waals surface area contributed by atoms with Gasteiger partial charge in [0.1, 0.15) is 0 Å². The minimum atomic E-state index is -1.18. The van der Waals surface area contributed by atoms with E-state index in [-0.39, 0.29) is 29.4 Å². The van der Waals surface area contributed by atoms with Crippen LogP contribution in [0, 0.1) is 6.92 Å². The van der Waals surface area contributed by atoms with E-state index in [4.69, 9.17) is 10.8 Å². The Hall–Kier alpha value is -3.19. The number of hydrogen-bond donors (Lipinski definition) is 4. The van der Waals surface area contributed by atoms with Crippen molar-refractivity contribution in [2.75, 3.05) is 17.2 Å². The Labute approximate surface area is 138 Å². The van der Waals surface area contributed by atoms with Crippen LogP contribution in [0.5, 0.6) is 0 Å². The average molecular weight is 327 g/mol. The zero-order chi connectivity index (χ0) is 17.7. The summed E-state index contributed by atoms with van der Waals surface area (Å²) in [7, 11) is 0. The number of nitrogens with two attached hydrogens (primary N) is 1. The number of benzene rings is 2. The third kappa shape index (κ3) is 4.40. The van der Waals surface area contributed by atoms with Crippen molar-refractivity contribution in [1.29, 1.82) is 0 Å². The normalized spacial score (nSPS) is 10.1. The maximum Gasteiger partial charge on any atom is 0.335 e. The fourth-order valence-corrected chi connectivity index (χ4v) is 2.02. The van der Waals surface area contributed by atoms with Gasteiger partial charge < -0.3 is 21.5 Å². The lowest BCUT2D eigenvalue weighted by Gasteiger charge is -2.10. The van der Waals surface area contributed by atoms with Crippen LogP contribution in [-0.4, -0.2) is 29.4 Å². The minimum Gasteiger partial charge on any atom is -0.478 e. The van der Waals surface area contributed by atoms with Gasteiger partial charge in [-0.1, -0.05) is 17.7 Å². The molecule has 5 N–H and O–H groups in total. The zero-order valence-corrected chi connectivity index (χ0v) is 13.0. The summed E-state index contributed by atoms with van der Waals surface area (Å²) in [5.74, 6) is -2.02. The van der Waals surface area contributed by atoms with E-state index in [2.05, 4.69) is 10.6 Å². The molecule has 0 aromatic heterocycles. The number of rotatable bonds is 5.